The monoisotopic (exact) mass is 836 g/mol. The van der Waals surface area contributed by atoms with Crippen molar-refractivity contribution in [1.29, 1.82) is 0 Å². The van der Waals surface area contributed by atoms with Gasteiger partial charge in [0.05, 0.1) is 12.8 Å². The zero-order valence-electron chi connectivity index (χ0n) is 30.5. The number of halogens is 8. The van der Waals surface area contributed by atoms with Crippen molar-refractivity contribution < 1.29 is 82.7 Å². The first kappa shape index (κ1) is 45.0. The molecule has 0 bridgehead atoms. The van der Waals surface area contributed by atoms with Crippen molar-refractivity contribution in [2.24, 2.45) is 0 Å². The van der Waals surface area contributed by atoms with Crippen LogP contribution in [0.4, 0.5) is 35.1 Å². The van der Waals surface area contributed by atoms with Crippen molar-refractivity contribution in [1.82, 2.24) is 0 Å². The van der Waals surface area contributed by atoms with Crippen LogP contribution in [0.15, 0.2) is 110 Å². The highest BCUT2D eigenvalue weighted by Gasteiger charge is 2.72. The maximum absolute atomic E-state index is 14.7. The first-order valence-corrected chi connectivity index (χ1v) is 17.0. The van der Waals surface area contributed by atoms with Crippen molar-refractivity contribution in [3.8, 4) is 23.0 Å². The number of alkyl halides is 6. The van der Waals surface area contributed by atoms with Crippen molar-refractivity contribution in [2.75, 3.05) is 13.6 Å². The SMILES string of the molecule is C=CC(=O)OCOc1ccc(CCC(=O)Oc2ccc(C(c3ccc(OC(=O)CCc4ccc(OCOC(=O)C=C)cc4F)cc3)(C(F)(F)F)C(F)(F)F)cc2)c(F)c1. The average molecular weight is 837 g/mol. The van der Waals surface area contributed by atoms with Gasteiger partial charge >= 0.3 is 36.2 Å². The van der Waals surface area contributed by atoms with Crippen molar-refractivity contribution >= 4 is 23.9 Å². The fourth-order valence-corrected chi connectivity index (χ4v) is 5.44. The van der Waals surface area contributed by atoms with Gasteiger partial charge in [0.1, 0.15) is 34.6 Å². The Balaban J connectivity index is 1.40. The van der Waals surface area contributed by atoms with Crippen LogP contribution in [-0.2, 0) is 46.9 Å². The largest absolute Gasteiger partial charge is 0.457 e. The van der Waals surface area contributed by atoms with Crippen LogP contribution >= 0.6 is 0 Å². The zero-order valence-corrected chi connectivity index (χ0v) is 30.5. The number of benzene rings is 4. The summed E-state index contributed by atoms with van der Waals surface area (Å²) in [6.07, 6.45) is -11.4. The van der Waals surface area contributed by atoms with Gasteiger partial charge in [-0.15, -0.1) is 0 Å². The molecule has 4 aromatic rings. The predicted molar refractivity (Wildman–Crippen MR) is 190 cm³/mol. The molecule has 59 heavy (non-hydrogen) atoms. The Morgan fingerprint density at radius 2 is 0.864 bits per heavy atom. The van der Waals surface area contributed by atoms with Gasteiger partial charge in [0, 0.05) is 24.3 Å². The average Bonchev–Trinajstić information content (AvgIpc) is 3.17. The highest BCUT2D eigenvalue weighted by Crippen LogP contribution is 2.56. The molecule has 4 rings (SSSR count). The molecule has 0 aliphatic carbocycles. The second-order valence-corrected chi connectivity index (χ2v) is 12.1. The number of carbonyl (C=O) groups is 4. The van der Waals surface area contributed by atoms with E-state index in [1.54, 1.807) is 0 Å². The molecule has 0 N–H and O–H groups in total. The molecule has 18 heteroatoms. The first-order valence-electron chi connectivity index (χ1n) is 17.0. The van der Waals surface area contributed by atoms with Crippen molar-refractivity contribution in [3.63, 3.8) is 0 Å². The van der Waals surface area contributed by atoms with E-state index < -0.39 is 102 Å². The van der Waals surface area contributed by atoms with E-state index in [4.69, 9.17) is 18.9 Å². The molecule has 10 nitrogen and oxygen atoms in total. The van der Waals surface area contributed by atoms with Crippen LogP contribution in [-0.4, -0.2) is 49.8 Å². The Hall–Kier alpha value is -6.72. The van der Waals surface area contributed by atoms with E-state index in [-0.39, 0.29) is 35.5 Å². The second-order valence-electron chi connectivity index (χ2n) is 12.1. The summed E-state index contributed by atoms with van der Waals surface area (Å²) in [6, 6.07) is 12.1. The van der Waals surface area contributed by atoms with Gasteiger partial charge in [0.2, 0.25) is 19.0 Å². The van der Waals surface area contributed by atoms with Gasteiger partial charge in [-0.1, -0.05) is 49.6 Å². The lowest BCUT2D eigenvalue weighted by Gasteiger charge is -2.38. The van der Waals surface area contributed by atoms with Gasteiger partial charge in [0.25, 0.3) is 0 Å². The number of rotatable bonds is 18. The standard InChI is InChI=1S/C41H32F8O10/c1-3-35(50)56-23-54-31-13-5-25(33(42)21-31)7-19-37(52)58-29-15-9-27(10-16-29)39(40(44,45)46,41(47,48)49)28-11-17-30(18-12-28)59-38(53)20-8-26-6-14-32(22-34(26)43)55-24-57-36(51)4-2/h3-6,9-18,21-22H,1-2,7-8,19-20,23-24H2. The number of ether oxygens (including phenoxy) is 6. The molecule has 0 radical (unpaired) electrons. The summed E-state index contributed by atoms with van der Waals surface area (Å²) in [5, 5.41) is 0. The van der Waals surface area contributed by atoms with Gasteiger partial charge in [-0.2, -0.15) is 26.3 Å². The molecule has 0 unspecified atom stereocenters. The minimum Gasteiger partial charge on any atom is -0.457 e. The van der Waals surface area contributed by atoms with Crippen LogP contribution in [0.5, 0.6) is 23.0 Å². The van der Waals surface area contributed by atoms with E-state index in [9.17, 15) is 54.3 Å². The highest BCUT2D eigenvalue weighted by molar-refractivity contribution is 5.81. The molecule has 4 aromatic carbocycles. The molecule has 0 saturated heterocycles. The smallest absolute Gasteiger partial charge is 0.411 e. The number of carbonyl (C=O) groups excluding carboxylic acids is 4. The molecule has 0 heterocycles. The summed E-state index contributed by atoms with van der Waals surface area (Å²) in [4.78, 5) is 47.1. The predicted octanol–water partition coefficient (Wildman–Crippen LogP) is 8.58. The van der Waals surface area contributed by atoms with Gasteiger partial charge in [0.15, 0.2) is 0 Å². The Morgan fingerprint density at radius 3 is 1.17 bits per heavy atom. The van der Waals surface area contributed by atoms with E-state index in [0.717, 1.165) is 48.6 Å². The van der Waals surface area contributed by atoms with Gasteiger partial charge in [-0.05, 0) is 71.5 Å². The maximum Gasteiger partial charge on any atom is 0.411 e. The fourth-order valence-electron chi connectivity index (χ4n) is 5.44. The maximum atomic E-state index is 14.7. The number of hydrogen-bond donors (Lipinski definition) is 0. The Bertz CT molecular complexity index is 1990. The summed E-state index contributed by atoms with van der Waals surface area (Å²) in [5.74, 6) is -5.84. The van der Waals surface area contributed by atoms with Crippen LogP contribution in [0.1, 0.15) is 35.1 Å². The number of aryl methyl sites for hydroxylation is 2. The van der Waals surface area contributed by atoms with Gasteiger partial charge in [-0.3, -0.25) is 9.59 Å². The summed E-state index contributed by atoms with van der Waals surface area (Å²) in [7, 11) is 0. The Kier molecular flexibility index (Phi) is 15.0. The third-order valence-corrected chi connectivity index (χ3v) is 8.32. The normalized spacial score (nSPS) is 11.5. The molecule has 0 saturated carbocycles. The number of esters is 4. The lowest BCUT2D eigenvalue weighted by molar-refractivity contribution is -0.288. The second kappa shape index (κ2) is 19.6. The van der Waals surface area contributed by atoms with Crippen LogP contribution in [0.2, 0.25) is 0 Å². The molecule has 312 valence electrons. The first-order chi connectivity index (χ1) is 27.9. The fraction of sp³-hybridized carbons (Fsp3) is 0.220. The van der Waals surface area contributed by atoms with Gasteiger partial charge in [-0.25, -0.2) is 18.4 Å². The number of hydrogen-bond acceptors (Lipinski definition) is 10. The molecule has 0 aromatic heterocycles. The molecule has 0 fully saturated rings. The third-order valence-electron chi connectivity index (χ3n) is 8.32. The quantitative estimate of drug-likeness (QED) is 0.0317. The Labute approximate surface area is 330 Å². The summed E-state index contributed by atoms with van der Waals surface area (Å²) in [5.41, 5.74) is -7.05. The minimum absolute atomic E-state index is 0.00403. The van der Waals surface area contributed by atoms with E-state index in [0.29, 0.717) is 24.3 Å². The Morgan fingerprint density at radius 1 is 0.525 bits per heavy atom. The molecule has 0 aliphatic heterocycles. The van der Waals surface area contributed by atoms with E-state index in [1.807, 2.05) is 0 Å². The third kappa shape index (κ3) is 11.7. The molecular weight excluding hydrogens is 804 g/mol. The summed E-state index contributed by atoms with van der Waals surface area (Å²) < 4.78 is 147. The molecule has 0 aliphatic rings. The van der Waals surface area contributed by atoms with Crippen LogP contribution in [0, 0.1) is 11.6 Å². The van der Waals surface area contributed by atoms with Crippen molar-refractivity contribution in [2.45, 2.75) is 43.5 Å². The van der Waals surface area contributed by atoms with Crippen LogP contribution < -0.4 is 18.9 Å². The van der Waals surface area contributed by atoms with Gasteiger partial charge < -0.3 is 28.4 Å². The summed E-state index contributed by atoms with van der Waals surface area (Å²) in [6.45, 7) is 5.38. The molecular formula is C41H32F8O10. The zero-order chi connectivity index (χ0) is 43.4. The lowest BCUT2D eigenvalue weighted by Crippen LogP contribution is -2.54. The summed E-state index contributed by atoms with van der Waals surface area (Å²) >= 11 is 0. The van der Waals surface area contributed by atoms with E-state index >= 15 is 0 Å². The topological polar surface area (TPSA) is 124 Å². The molecule has 0 spiro atoms. The van der Waals surface area contributed by atoms with E-state index in [1.165, 1.54) is 24.3 Å². The van der Waals surface area contributed by atoms with Crippen molar-refractivity contribution in [3.05, 3.63) is 144 Å². The molecule has 0 atom stereocenters. The van der Waals surface area contributed by atoms with E-state index in [2.05, 4.69) is 22.6 Å². The van der Waals surface area contributed by atoms with Crippen LogP contribution in [0.3, 0.4) is 0 Å². The minimum atomic E-state index is -5.97. The van der Waals surface area contributed by atoms with Crippen LogP contribution in [0.25, 0.3) is 0 Å². The lowest BCUT2D eigenvalue weighted by atomic mass is 9.73. The highest BCUT2D eigenvalue weighted by atomic mass is 19.4. The molecule has 0 amide bonds.